The first-order valence-electron chi connectivity index (χ1n) is 5.62. The molecular weight excluding hydrogens is 218 g/mol. The topological polar surface area (TPSA) is 43.1 Å². The van der Waals surface area contributed by atoms with E-state index < -0.39 is 10.8 Å². The van der Waals surface area contributed by atoms with Gasteiger partial charge in [-0.1, -0.05) is 44.2 Å². The Labute approximate surface area is 101 Å². The molecular formula is C13H21NOS. The van der Waals surface area contributed by atoms with Crippen LogP contribution in [0.2, 0.25) is 0 Å². The highest BCUT2D eigenvalue weighted by atomic mass is 32.2. The van der Waals surface area contributed by atoms with Crippen molar-refractivity contribution in [3.05, 3.63) is 35.9 Å². The zero-order valence-corrected chi connectivity index (χ0v) is 10.9. The van der Waals surface area contributed by atoms with E-state index in [-0.39, 0.29) is 5.41 Å². The lowest BCUT2D eigenvalue weighted by Crippen LogP contribution is -2.25. The van der Waals surface area contributed by atoms with Gasteiger partial charge in [0.15, 0.2) is 0 Å². The van der Waals surface area contributed by atoms with Gasteiger partial charge in [-0.15, -0.1) is 0 Å². The molecule has 2 nitrogen and oxygen atoms in total. The van der Waals surface area contributed by atoms with Crippen molar-refractivity contribution in [3.63, 3.8) is 0 Å². The summed E-state index contributed by atoms with van der Waals surface area (Å²) >= 11 is 0. The van der Waals surface area contributed by atoms with E-state index in [4.69, 9.17) is 5.73 Å². The number of hydrogen-bond donors (Lipinski definition) is 1. The lowest BCUT2D eigenvalue weighted by Gasteiger charge is -2.21. The molecule has 1 aromatic rings. The molecule has 0 heterocycles. The largest absolute Gasteiger partial charge is 0.330 e. The predicted octanol–water partition coefficient (Wildman–Crippen LogP) is 2.31. The first-order chi connectivity index (χ1) is 7.53. The van der Waals surface area contributed by atoms with Gasteiger partial charge in [0.1, 0.15) is 0 Å². The van der Waals surface area contributed by atoms with Crippen LogP contribution in [0.3, 0.4) is 0 Å². The summed E-state index contributed by atoms with van der Waals surface area (Å²) in [5.41, 5.74) is 6.89. The summed E-state index contributed by atoms with van der Waals surface area (Å²) in [7, 11) is -0.775. The number of nitrogens with two attached hydrogens (primary N) is 1. The van der Waals surface area contributed by atoms with E-state index in [1.54, 1.807) is 0 Å². The molecule has 1 aromatic carbocycles. The van der Waals surface area contributed by atoms with Crippen LogP contribution in [-0.4, -0.2) is 16.5 Å². The highest BCUT2D eigenvalue weighted by Gasteiger charge is 2.16. The van der Waals surface area contributed by atoms with E-state index in [0.717, 1.165) is 17.7 Å². The summed E-state index contributed by atoms with van der Waals surface area (Å²) in [6, 6.07) is 9.98. The molecule has 0 aliphatic rings. The van der Waals surface area contributed by atoms with Gasteiger partial charge in [0, 0.05) is 22.3 Å². The van der Waals surface area contributed by atoms with Gasteiger partial charge in [-0.2, -0.15) is 0 Å². The number of benzene rings is 1. The van der Waals surface area contributed by atoms with Gasteiger partial charge in [0.25, 0.3) is 0 Å². The van der Waals surface area contributed by atoms with Gasteiger partial charge in [0.2, 0.25) is 0 Å². The van der Waals surface area contributed by atoms with Gasteiger partial charge < -0.3 is 5.73 Å². The highest BCUT2D eigenvalue weighted by Crippen LogP contribution is 2.19. The van der Waals surface area contributed by atoms with Crippen molar-refractivity contribution in [2.45, 2.75) is 26.0 Å². The van der Waals surface area contributed by atoms with E-state index in [2.05, 4.69) is 13.8 Å². The average Bonchev–Trinajstić information content (AvgIpc) is 2.28. The smallest absolute Gasteiger partial charge is 0.0485 e. The Kier molecular flexibility index (Phi) is 5.16. The maximum atomic E-state index is 11.8. The minimum absolute atomic E-state index is 0.104. The summed E-state index contributed by atoms with van der Waals surface area (Å²) in [4.78, 5) is 0. The SMILES string of the molecule is CC(C)(CN)CCS(=O)Cc1ccccc1. The molecule has 3 heteroatoms. The molecule has 0 fully saturated rings. The van der Waals surface area contributed by atoms with Gasteiger partial charge in [0.05, 0.1) is 0 Å². The van der Waals surface area contributed by atoms with E-state index >= 15 is 0 Å². The van der Waals surface area contributed by atoms with Crippen molar-refractivity contribution < 1.29 is 4.21 Å². The molecule has 0 saturated carbocycles. The second kappa shape index (κ2) is 6.16. The molecule has 0 spiro atoms. The first-order valence-corrected chi connectivity index (χ1v) is 7.11. The molecule has 0 bridgehead atoms. The normalized spacial score (nSPS) is 13.7. The first kappa shape index (κ1) is 13.4. The molecule has 0 aliphatic heterocycles. The monoisotopic (exact) mass is 239 g/mol. The van der Waals surface area contributed by atoms with E-state index in [0.29, 0.717) is 12.3 Å². The molecule has 1 unspecified atom stereocenters. The van der Waals surface area contributed by atoms with Crippen molar-refractivity contribution in [1.82, 2.24) is 0 Å². The van der Waals surface area contributed by atoms with Crippen molar-refractivity contribution in [2.24, 2.45) is 11.1 Å². The van der Waals surface area contributed by atoms with Crippen LogP contribution in [0.4, 0.5) is 0 Å². The van der Waals surface area contributed by atoms with Crippen LogP contribution in [0.1, 0.15) is 25.8 Å². The van der Waals surface area contributed by atoms with Gasteiger partial charge in [-0.3, -0.25) is 4.21 Å². The van der Waals surface area contributed by atoms with Gasteiger partial charge in [-0.25, -0.2) is 0 Å². The van der Waals surface area contributed by atoms with Crippen LogP contribution in [0.25, 0.3) is 0 Å². The molecule has 16 heavy (non-hydrogen) atoms. The minimum atomic E-state index is -0.775. The maximum Gasteiger partial charge on any atom is 0.0485 e. The van der Waals surface area contributed by atoms with Crippen molar-refractivity contribution in [1.29, 1.82) is 0 Å². The van der Waals surface area contributed by atoms with Crippen LogP contribution in [0.5, 0.6) is 0 Å². The van der Waals surface area contributed by atoms with Crippen LogP contribution >= 0.6 is 0 Å². The molecule has 0 aliphatic carbocycles. The van der Waals surface area contributed by atoms with Crippen LogP contribution < -0.4 is 5.73 Å². The Morgan fingerprint density at radius 3 is 2.44 bits per heavy atom. The third-order valence-electron chi connectivity index (χ3n) is 2.73. The quantitative estimate of drug-likeness (QED) is 0.828. The molecule has 0 saturated heterocycles. The number of rotatable bonds is 6. The zero-order chi connectivity index (χ0) is 12.0. The molecule has 1 atom stereocenters. The lowest BCUT2D eigenvalue weighted by atomic mass is 9.91. The van der Waals surface area contributed by atoms with Crippen molar-refractivity contribution in [3.8, 4) is 0 Å². The Morgan fingerprint density at radius 2 is 1.88 bits per heavy atom. The van der Waals surface area contributed by atoms with Crippen LogP contribution in [0.15, 0.2) is 30.3 Å². The number of hydrogen-bond acceptors (Lipinski definition) is 2. The Morgan fingerprint density at radius 1 is 1.25 bits per heavy atom. The van der Waals surface area contributed by atoms with Crippen LogP contribution in [-0.2, 0) is 16.6 Å². The van der Waals surface area contributed by atoms with Gasteiger partial charge >= 0.3 is 0 Å². The summed E-state index contributed by atoms with van der Waals surface area (Å²) in [5, 5.41) is 0. The molecule has 2 N–H and O–H groups in total. The summed E-state index contributed by atoms with van der Waals surface area (Å²) in [6.07, 6.45) is 0.920. The lowest BCUT2D eigenvalue weighted by molar-refractivity contribution is 0.367. The van der Waals surface area contributed by atoms with Crippen LogP contribution in [0, 0.1) is 5.41 Å². The third kappa shape index (κ3) is 4.90. The molecule has 1 rings (SSSR count). The molecule has 0 amide bonds. The van der Waals surface area contributed by atoms with E-state index in [1.807, 2.05) is 30.3 Å². The second-order valence-corrected chi connectivity index (χ2v) is 6.47. The van der Waals surface area contributed by atoms with Crippen molar-refractivity contribution >= 4 is 10.8 Å². The van der Waals surface area contributed by atoms with Gasteiger partial charge in [-0.05, 0) is 23.9 Å². The molecule has 0 aromatic heterocycles. The molecule has 90 valence electrons. The van der Waals surface area contributed by atoms with Crippen molar-refractivity contribution in [2.75, 3.05) is 12.3 Å². The average molecular weight is 239 g/mol. The molecule has 0 radical (unpaired) electrons. The minimum Gasteiger partial charge on any atom is -0.330 e. The predicted molar refractivity (Wildman–Crippen MR) is 70.6 cm³/mol. The van der Waals surface area contributed by atoms with E-state index in [9.17, 15) is 4.21 Å². The summed E-state index contributed by atoms with van der Waals surface area (Å²) in [6.45, 7) is 4.88. The fourth-order valence-electron chi connectivity index (χ4n) is 1.32. The standard InChI is InChI=1S/C13H21NOS/c1-13(2,11-14)8-9-16(15)10-12-6-4-3-5-7-12/h3-7H,8-11,14H2,1-2H3. The Balaban J connectivity index is 2.38. The fraction of sp³-hybridized carbons (Fsp3) is 0.538. The summed E-state index contributed by atoms with van der Waals surface area (Å²) in [5.74, 6) is 1.39. The Hall–Kier alpha value is -0.670. The highest BCUT2D eigenvalue weighted by molar-refractivity contribution is 7.84. The third-order valence-corrected chi connectivity index (χ3v) is 4.04. The van der Waals surface area contributed by atoms with E-state index in [1.165, 1.54) is 0 Å². The summed E-state index contributed by atoms with van der Waals surface area (Å²) < 4.78 is 11.8. The second-order valence-electron chi connectivity index (χ2n) is 4.89. The Bertz CT molecular complexity index is 335. The fourth-order valence-corrected chi connectivity index (χ4v) is 2.81. The maximum absolute atomic E-state index is 11.8. The zero-order valence-electron chi connectivity index (χ0n) is 10.1.